The van der Waals surface area contributed by atoms with E-state index in [9.17, 15) is 9.59 Å². The van der Waals surface area contributed by atoms with Crippen molar-refractivity contribution < 1.29 is 14.7 Å². The van der Waals surface area contributed by atoms with Gasteiger partial charge in [0.1, 0.15) is 0 Å². The second-order valence-corrected chi connectivity index (χ2v) is 2.16. The molecular formula is C6H6N2O3. The van der Waals surface area contributed by atoms with Crippen LogP contribution >= 0.6 is 0 Å². The molecule has 5 heteroatoms. The molecule has 0 spiro atoms. The molecule has 1 amide bonds. The molecule has 1 aliphatic rings. The summed E-state index contributed by atoms with van der Waals surface area (Å²) in [5.41, 5.74) is 0.456. The Morgan fingerprint density at radius 2 is 2.27 bits per heavy atom. The van der Waals surface area contributed by atoms with Gasteiger partial charge >= 0.3 is 5.97 Å². The van der Waals surface area contributed by atoms with Crippen molar-refractivity contribution in [2.24, 2.45) is 16.1 Å². The summed E-state index contributed by atoms with van der Waals surface area (Å²) in [6.45, 7) is 1.59. The Morgan fingerprint density at radius 3 is 2.73 bits per heavy atom. The lowest BCUT2D eigenvalue weighted by molar-refractivity contribution is -0.144. The van der Waals surface area contributed by atoms with Crippen LogP contribution in [0.4, 0.5) is 0 Å². The van der Waals surface area contributed by atoms with Gasteiger partial charge in [0.15, 0.2) is 5.92 Å². The lowest BCUT2D eigenvalue weighted by Gasteiger charge is -2.05. The number of carbonyl (C=O) groups is 2. The molecular weight excluding hydrogens is 148 g/mol. The molecule has 0 aromatic heterocycles. The Morgan fingerprint density at radius 1 is 1.64 bits per heavy atom. The Labute approximate surface area is 62.4 Å². The van der Waals surface area contributed by atoms with E-state index in [0.29, 0.717) is 5.70 Å². The molecule has 1 aliphatic heterocycles. The van der Waals surface area contributed by atoms with E-state index in [4.69, 9.17) is 5.11 Å². The van der Waals surface area contributed by atoms with E-state index in [1.54, 1.807) is 6.92 Å². The van der Waals surface area contributed by atoms with Crippen LogP contribution in [0.5, 0.6) is 0 Å². The van der Waals surface area contributed by atoms with Gasteiger partial charge in [0.2, 0.25) is 0 Å². The summed E-state index contributed by atoms with van der Waals surface area (Å²) in [4.78, 5) is 21.0. The fourth-order valence-corrected chi connectivity index (χ4v) is 0.713. The van der Waals surface area contributed by atoms with Gasteiger partial charge in [0.05, 0.1) is 5.70 Å². The van der Waals surface area contributed by atoms with E-state index < -0.39 is 17.8 Å². The first-order valence-electron chi connectivity index (χ1n) is 2.98. The number of amides is 1. The minimum Gasteiger partial charge on any atom is -0.480 e. The summed E-state index contributed by atoms with van der Waals surface area (Å²) >= 11 is 0. The summed E-state index contributed by atoms with van der Waals surface area (Å²) in [6, 6.07) is 0. The minimum atomic E-state index is -1.19. The van der Waals surface area contributed by atoms with Crippen molar-refractivity contribution in [3.8, 4) is 0 Å². The first-order chi connectivity index (χ1) is 5.11. The zero-order valence-electron chi connectivity index (χ0n) is 5.81. The number of carboxylic acid groups (broad SMARTS) is 1. The summed E-state index contributed by atoms with van der Waals surface area (Å²) in [7, 11) is 0. The zero-order chi connectivity index (χ0) is 8.43. The van der Waals surface area contributed by atoms with Crippen LogP contribution in [0.25, 0.3) is 0 Å². The second kappa shape index (κ2) is 2.61. The molecule has 11 heavy (non-hydrogen) atoms. The molecule has 1 N–H and O–H groups in total. The molecule has 0 saturated carbocycles. The van der Waals surface area contributed by atoms with Gasteiger partial charge in [-0.25, -0.2) is 0 Å². The summed E-state index contributed by atoms with van der Waals surface area (Å²) in [5.74, 6) is -3.05. The maximum Gasteiger partial charge on any atom is 0.320 e. The van der Waals surface area contributed by atoms with Crippen molar-refractivity contribution in [3.05, 3.63) is 11.8 Å². The molecule has 0 aromatic rings. The summed E-state index contributed by atoms with van der Waals surface area (Å²) in [5, 5.41) is 15.0. The molecule has 0 aliphatic carbocycles. The van der Waals surface area contributed by atoms with Crippen molar-refractivity contribution in [3.63, 3.8) is 0 Å². The molecule has 0 bridgehead atoms. The number of azo groups is 1. The van der Waals surface area contributed by atoms with Crippen molar-refractivity contribution in [2.75, 3.05) is 0 Å². The third kappa shape index (κ3) is 1.49. The Kier molecular flexibility index (Phi) is 1.80. The van der Waals surface area contributed by atoms with Crippen LogP contribution < -0.4 is 0 Å². The zero-order valence-corrected chi connectivity index (χ0v) is 5.81. The quantitative estimate of drug-likeness (QED) is 0.561. The van der Waals surface area contributed by atoms with Crippen LogP contribution in [0.1, 0.15) is 6.92 Å². The van der Waals surface area contributed by atoms with Crippen molar-refractivity contribution >= 4 is 11.9 Å². The SMILES string of the molecule is CC1=C[C@@H](C(=O)O)C(=O)N=N1. The molecule has 0 aromatic carbocycles. The fraction of sp³-hybridized carbons (Fsp3) is 0.333. The molecule has 1 rings (SSSR count). The van der Waals surface area contributed by atoms with E-state index in [2.05, 4.69) is 10.2 Å². The van der Waals surface area contributed by atoms with Crippen molar-refractivity contribution in [2.45, 2.75) is 6.92 Å². The van der Waals surface area contributed by atoms with Gasteiger partial charge in [0, 0.05) is 0 Å². The van der Waals surface area contributed by atoms with E-state index >= 15 is 0 Å². The van der Waals surface area contributed by atoms with Gasteiger partial charge in [-0.2, -0.15) is 5.11 Å². The van der Waals surface area contributed by atoms with Crippen molar-refractivity contribution in [1.29, 1.82) is 0 Å². The fourth-order valence-electron chi connectivity index (χ4n) is 0.713. The van der Waals surface area contributed by atoms with Crippen LogP contribution in [0.3, 0.4) is 0 Å². The number of carboxylic acids is 1. The highest BCUT2D eigenvalue weighted by molar-refractivity contribution is 5.99. The maximum atomic E-state index is 10.7. The number of hydrogen-bond acceptors (Lipinski definition) is 3. The average molecular weight is 154 g/mol. The Bertz CT molecular complexity index is 267. The van der Waals surface area contributed by atoms with E-state index in [-0.39, 0.29) is 0 Å². The lowest BCUT2D eigenvalue weighted by Crippen LogP contribution is -2.21. The molecule has 5 nitrogen and oxygen atoms in total. The third-order valence-corrected chi connectivity index (χ3v) is 1.25. The standard InChI is InChI=1S/C6H6N2O3/c1-3-2-4(6(10)11)5(9)8-7-3/h2,4H,1H3,(H,10,11)/t4-/m1/s1. The van der Waals surface area contributed by atoms with Crippen molar-refractivity contribution in [1.82, 2.24) is 0 Å². The van der Waals surface area contributed by atoms with Crippen LogP contribution in [-0.4, -0.2) is 17.0 Å². The van der Waals surface area contributed by atoms with Gasteiger partial charge in [-0.3, -0.25) is 9.59 Å². The van der Waals surface area contributed by atoms with Crippen LogP contribution in [0, 0.1) is 5.92 Å². The monoisotopic (exact) mass is 154 g/mol. The normalized spacial score (nSPS) is 23.2. The second-order valence-electron chi connectivity index (χ2n) is 2.16. The van der Waals surface area contributed by atoms with Gasteiger partial charge in [0.25, 0.3) is 5.91 Å². The molecule has 0 saturated heterocycles. The number of nitrogens with zero attached hydrogens (tertiary/aromatic N) is 2. The van der Waals surface area contributed by atoms with E-state index in [1.165, 1.54) is 6.08 Å². The Hall–Kier alpha value is -1.52. The predicted octanol–water partition coefficient (Wildman–Crippen LogP) is 0.583. The van der Waals surface area contributed by atoms with Crippen LogP contribution in [0.2, 0.25) is 0 Å². The average Bonchev–Trinajstić information content (AvgIpc) is 1.94. The van der Waals surface area contributed by atoms with Gasteiger partial charge in [-0.05, 0) is 13.0 Å². The van der Waals surface area contributed by atoms with Crippen LogP contribution in [0.15, 0.2) is 22.0 Å². The highest BCUT2D eigenvalue weighted by Gasteiger charge is 2.26. The predicted molar refractivity (Wildman–Crippen MR) is 34.7 cm³/mol. The highest BCUT2D eigenvalue weighted by Crippen LogP contribution is 2.13. The topological polar surface area (TPSA) is 79.1 Å². The van der Waals surface area contributed by atoms with Gasteiger partial charge < -0.3 is 5.11 Å². The minimum absolute atomic E-state index is 0.456. The number of allylic oxidation sites excluding steroid dienone is 1. The largest absolute Gasteiger partial charge is 0.480 e. The van der Waals surface area contributed by atoms with E-state index in [1.807, 2.05) is 0 Å². The number of carbonyl (C=O) groups excluding carboxylic acids is 1. The number of hydrogen-bond donors (Lipinski definition) is 1. The van der Waals surface area contributed by atoms with Crippen LogP contribution in [-0.2, 0) is 9.59 Å². The number of rotatable bonds is 1. The highest BCUT2D eigenvalue weighted by atomic mass is 16.4. The summed E-state index contributed by atoms with van der Waals surface area (Å²) in [6.07, 6.45) is 1.28. The molecule has 58 valence electrons. The van der Waals surface area contributed by atoms with Gasteiger partial charge in [-0.15, -0.1) is 5.11 Å². The molecule has 0 unspecified atom stereocenters. The van der Waals surface area contributed by atoms with E-state index in [0.717, 1.165) is 0 Å². The first-order valence-corrected chi connectivity index (χ1v) is 2.98. The molecule has 1 heterocycles. The molecule has 0 radical (unpaired) electrons. The Balaban J connectivity index is 2.90. The third-order valence-electron chi connectivity index (χ3n) is 1.25. The first kappa shape index (κ1) is 7.59. The smallest absolute Gasteiger partial charge is 0.320 e. The molecule has 0 fully saturated rings. The summed E-state index contributed by atoms with van der Waals surface area (Å²) < 4.78 is 0. The molecule has 1 atom stereocenters. The van der Waals surface area contributed by atoms with Gasteiger partial charge in [-0.1, -0.05) is 0 Å². The lowest BCUT2D eigenvalue weighted by atomic mass is 10.1. The number of aliphatic carboxylic acids is 1. The maximum absolute atomic E-state index is 10.7.